The molecule has 0 radical (unpaired) electrons. The Labute approximate surface area is 153 Å². The molecule has 0 spiro atoms. The number of carbonyl (C=O) groups excluding carboxylic acids is 1. The minimum absolute atomic E-state index is 0.303. The smallest absolute Gasteiger partial charge is 0.340 e. The summed E-state index contributed by atoms with van der Waals surface area (Å²) in [5, 5.41) is 5.28. The molecule has 0 bridgehead atoms. The Kier molecular flexibility index (Phi) is 4.03. The zero-order chi connectivity index (χ0) is 17.6. The van der Waals surface area contributed by atoms with Gasteiger partial charge in [0.2, 0.25) is 0 Å². The van der Waals surface area contributed by atoms with Crippen LogP contribution in [0.25, 0.3) is 22.2 Å². The van der Waals surface area contributed by atoms with E-state index in [0.29, 0.717) is 18.0 Å². The number of fused-ring (bicyclic) bond motifs is 1. The SMILES string of the molecule is CCn1ncc2c(-c3cncc(Br)c3)c(C(=O)OC)c(C3CC3)nc21. The quantitative estimate of drug-likeness (QED) is 0.620. The third-order valence-electron chi connectivity index (χ3n) is 4.46. The molecule has 0 unspecified atom stereocenters. The van der Waals surface area contributed by atoms with Crippen molar-refractivity contribution in [2.24, 2.45) is 0 Å². The molecule has 0 aliphatic heterocycles. The number of hydrogen-bond acceptors (Lipinski definition) is 5. The number of rotatable bonds is 4. The van der Waals surface area contributed by atoms with Crippen molar-refractivity contribution in [2.75, 3.05) is 7.11 Å². The summed E-state index contributed by atoms with van der Waals surface area (Å²) in [5.74, 6) is -0.0620. The highest BCUT2D eigenvalue weighted by atomic mass is 79.9. The normalized spacial score (nSPS) is 14.0. The number of aromatic nitrogens is 4. The van der Waals surface area contributed by atoms with E-state index in [1.54, 1.807) is 18.6 Å². The van der Waals surface area contributed by atoms with Crippen molar-refractivity contribution in [3.8, 4) is 11.1 Å². The molecule has 4 rings (SSSR count). The summed E-state index contributed by atoms with van der Waals surface area (Å²) in [7, 11) is 1.40. The van der Waals surface area contributed by atoms with E-state index in [1.807, 2.05) is 17.7 Å². The number of hydrogen-bond donors (Lipinski definition) is 0. The van der Waals surface area contributed by atoms with Gasteiger partial charge < -0.3 is 4.74 Å². The first-order chi connectivity index (χ1) is 12.1. The Morgan fingerprint density at radius 2 is 2.16 bits per heavy atom. The zero-order valence-electron chi connectivity index (χ0n) is 14.0. The van der Waals surface area contributed by atoms with E-state index in [1.165, 1.54) is 7.11 Å². The first kappa shape index (κ1) is 16.2. The number of carbonyl (C=O) groups is 1. The molecule has 7 heteroatoms. The highest BCUT2D eigenvalue weighted by Gasteiger charge is 2.34. The molecule has 3 aromatic rings. The largest absolute Gasteiger partial charge is 0.465 e. The van der Waals surface area contributed by atoms with E-state index in [2.05, 4.69) is 26.0 Å². The maximum absolute atomic E-state index is 12.6. The summed E-state index contributed by atoms with van der Waals surface area (Å²) in [6, 6.07) is 1.95. The van der Waals surface area contributed by atoms with Gasteiger partial charge in [0, 0.05) is 45.8 Å². The van der Waals surface area contributed by atoms with Gasteiger partial charge in [-0.3, -0.25) is 4.98 Å². The molecule has 3 aromatic heterocycles. The summed E-state index contributed by atoms with van der Waals surface area (Å²) in [4.78, 5) is 21.7. The van der Waals surface area contributed by atoms with Crippen molar-refractivity contribution < 1.29 is 9.53 Å². The molecule has 25 heavy (non-hydrogen) atoms. The number of nitrogens with zero attached hydrogens (tertiary/aromatic N) is 4. The minimum atomic E-state index is -0.365. The van der Waals surface area contributed by atoms with E-state index in [4.69, 9.17) is 9.72 Å². The number of ether oxygens (including phenoxy) is 1. The molecule has 0 aromatic carbocycles. The average Bonchev–Trinajstić information content (AvgIpc) is 3.39. The van der Waals surface area contributed by atoms with Gasteiger partial charge in [-0.25, -0.2) is 14.5 Å². The standard InChI is InChI=1S/C18H17BrN4O2/c1-3-23-17-13(9-21-23)14(11-6-12(19)8-20-7-11)15(18(24)25-2)16(22-17)10-4-5-10/h6-10H,3-5H2,1-2H3. The summed E-state index contributed by atoms with van der Waals surface area (Å²) in [5.41, 5.74) is 3.79. The molecule has 1 saturated carbocycles. The highest BCUT2D eigenvalue weighted by Crippen LogP contribution is 2.45. The summed E-state index contributed by atoms with van der Waals surface area (Å²) in [6.07, 6.45) is 7.33. The van der Waals surface area contributed by atoms with Crippen LogP contribution in [0.3, 0.4) is 0 Å². The summed E-state index contributed by atoms with van der Waals surface area (Å²) < 4.78 is 7.80. The molecule has 0 atom stereocenters. The first-order valence-corrected chi connectivity index (χ1v) is 9.02. The van der Waals surface area contributed by atoms with E-state index < -0.39 is 0 Å². The predicted molar refractivity (Wildman–Crippen MR) is 97.4 cm³/mol. The van der Waals surface area contributed by atoms with Crippen molar-refractivity contribution in [1.82, 2.24) is 19.7 Å². The van der Waals surface area contributed by atoms with Crippen molar-refractivity contribution >= 4 is 32.9 Å². The van der Waals surface area contributed by atoms with Crippen LogP contribution in [0.5, 0.6) is 0 Å². The minimum Gasteiger partial charge on any atom is -0.465 e. The Balaban J connectivity index is 2.12. The summed E-state index contributed by atoms with van der Waals surface area (Å²) >= 11 is 3.47. The fourth-order valence-electron chi connectivity index (χ4n) is 3.15. The Morgan fingerprint density at radius 1 is 1.36 bits per heavy atom. The lowest BCUT2D eigenvalue weighted by Crippen LogP contribution is -2.11. The van der Waals surface area contributed by atoms with Gasteiger partial charge in [-0.15, -0.1) is 0 Å². The molecule has 1 aliphatic rings. The van der Waals surface area contributed by atoms with Gasteiger partial charge in [0.25, 0.3) is 0 Å². The molecule has 6 nitrogen and oxygen atoms in total. The van der Waals surface area contributed by atoms with E-state index in [-0.39, 0.29) is 5.97 Å². The van der Waals surface area contributed by atoms with Crippen molar-refractivity contribution in [3.05, 3.63) is 40.4 Å². The number of pyridine rings is 2. The van der Waals surface area contributed by atoms with E-state index in [9.17, 15) is 4.79 Å². The van der Waals surface area contributed by atoms with Gasteiger partial charge in [-0.05, 0) is 41.8 Å². The van der Waals surface area contributed by atoms with Crippen LogP contribution < -0.4 is 0 Å². The number of aryl methyl sites for hydroxylation is 1. The molecule has 0 saturated heterocycles. The number of methoxy groups -OCH3 is 1. The molecule has 1 aliphatic carbocycles. The monoisotopic (exact) mass is 400 g/mol. The van der Waals surface area contributed by atoms with Gasteiger partial charge in [0.05, 0.1) is 24.6 Å². The lowest BCUT2D eigenvalue weighted by atomic mass is 9.95. The zero-order valence-corrected chi connectivity index (χ0v) is 15.6. The van der Waals surface area contributed by atoms with Crippen LogP contribution in [0.4, 0.5) is 0 Å². The van der Waals surface area contributed by atoms with Gasteiger partial charge in [0.15, 0.2) is 5.65 Å². The second-order valence-electron chi connectivity index (χ2n) is 6.10. The maximum Gasteiger partial charge on any atom is 0.340 e. The Bertz CT molecular complexity index is 979. The van der Waals surface area contributed by atoms with Crippen LogP contribution >= 0.6 is 15.9 Å². The van der Waals surface area contributed by atoms with E-state index in [0.717, 1.165) is 45.2 Å². The second kappa shape index (κ2) is 6.22. The predicted octanol–water partition coefficient (Wildman–Crippen LogP) is 3.94. The topological polar surface area (TPSA) is 69.9 Å². The van der Waals surface area contributed by atoms with Crippen LogP contribution in [0.1, 0.15) is 41.7 Å². The fourth-order valence-corrected chi connectivity index (χ4v) is 3.51. The molecule has 3 heterocycles. The second-order valence-corrected chi connectivity index (χ2v) is 7.02. The Hall–Kier alpha value is -2.28. The number of esters is 1. The lowest BCUT2D eigenvalue weighted by molar-refractivity contribution is 0.0600. The van der Waals surface area contributed by atoms with Crippen molar-refractivity contribution in [3.63, 3.8) is 0 Å². The third-order valence-corrected chi connectivity index (χ3v) is 4.89. The first-order valence-electron chi connectivity index (χ1n) is 8.22. The summed E-state index contributed by atoms with van der Waals surface area (Å²) in [6.45, 7) is 2.74. The number of halogens is 1. The van der Waals surface area contributed by atoms with Crippen LogP contribution in [0.15, 0.2) is 29.1 Å². The van der Waals surface area contributed by atoms with Crippen molar-refractivity contribution in [1.29, 1.82) is 0 Å². The molecule has 128 valence electrons. The molecular formula is C18H17BrN4O2. The highest BCUT2D eigenvalue weighted by molar-refractivity contribution is 9.10. The third kappa shape index (κ3) is 2.72. The van der Waals surface area contributed by atoms with E-state index >= 15 is 0 Å². The van der Waals surface area contributed by atoms with Crippen LogP contribution in [-0.4, -0.2) is 32.8 Å². The van der Waals surface area contributed by atoms with Gasteiger partial charge in [0.1, 0.15) is 0 Å². The Morgan fingerprint density at radius 3 is 2.80 bits per heavy atom. The molecule has 0 amide bonds. The maximum atomic E-state index is 12.6. The van der Waals surface area contributed by atoms with Gasteiger partial charge in [-0.2, -0.15) is 5.10 Å². The molecule has 0 N–H and O–H groups in total. The van der Waals surface area contributed by atoms with Crippen LogP contribution in [0, 0.1) is 0 Å². The lowest BCUT2D eigenvalue weighted by Gasteiger charge is -2.14. The van der Waals surface area contributed by atoms with Crippen LogP contribution in [-0.2, 0) is 11.3 Å². The molecule has 1 fully saturated rings. The van der Waals surface area contributed by atoms with Gasteiger partial charge in [-0.1, -0.05) is 0 Å². The molecular weight excluding hydrogens is 384 g/mol. The van der Waals surface area contributed by atoms with Gasteiger partial charge >= 0.3 is 5.97 Å². The average molecular weight is 401 g/mol. The van der Waals surface area contributed by atoms with Crippen molar-refractivity contribution in [2.45, 2.75) is 32.2 Å². The van der Waals surface area contributed by atoms with Crippen LogP contribution in [0.2, 0.25) is 0 Å². The fraction of sp³-hybridized carbons (Fsp3) is 0.333.